The number of carbonyl (C=O) groups excluding carboxylic acids is 2. The summed E-state index contributed by atoms with van der Waals surface area (Å²) in [5, 5.41) is 2.00. The quantitative estimate of drug-likeness (QED) is 0.866. The Balaban J connectivity index is 1.41. The minimum atomic E-state index is -0.118. The zero-order valence-electron chi connectivity index (χ0n) is 15.3. The van der Waals surface area contributed by atoms with E-state index in [1.165, 1.54) is 10.7 Å². The van der Waals surface area contributed by atoms with Gasteiger partial charge in [-0.25, -0.2) is 5.01 Å². The molecule has 2 aromatic carbocycles. The number of hydrogen-bond acceptors (Lipinski definition) is 4. The molecule has 2 aromatic rings. The molecule has 0 saturated carbocycles. The van der Waals surface area contributed by atoms with Gasteiger partial charge in [0.1, 0.15) is 5.70 Å². The lowest BCUT2D eigenvalue weighted by Crippen LogP contribution is -2.53. The van der Waals surface area contributed by atoms with E-state index >= 15 is 0 Å². The first-order valence-electron chi connectivity index (χ1n) is 9.26. The van der Waals surface area contributed by atoms with Crippen molar-refractivity contribution in [1.29, 1.82) is 0 Å². The van der Waals surface area contributed by atoms with E-state index in [9.17, 15) is 9.59 Å². The molecule has 28 heavy (non-hydrogen) atoms. The van der Waals surface area contributed by atoms with Crippen LogP contribution in [0.3, 0.4) is 0 Å². The van der Waals surface area contributed by atoms with Crippen LogP contribution in [0.2, 0.25) is 5.02 Å². The minimum absolute atomic E-state index is 0.0841. The molecule has 0 atom stereocenters. The summed E-state index contributed by atoms with van der Waals surface area (Å²) in [6, 6.07) is 17.1. The van der Waals surface area contributed by atoms with Gasteiger partial charge < -0.3 is 9.80 Å². The smallest absolute Gasteiger partial charge is 0.271 e. The number of anilines is 2. The SMILES string of the molecule is O=C(C1=CCC(=O)N(c2ccc(Cl)cc2)N1)N1CCN(c2ccccc2)CC1. The molecular weight excluding hydrogens is 376 g/mol. The Morgan fingerprint density at radius 2 is 1.57 bits per heavy atom. The first-order chi connectivity index (χ1) is 13.6. The van der Waals surface area contributed by atoms with E-state index in [4.69, 9.17) is 11.6 Å². The lowest BCUT2D eigenvalue weighted by molar-refractivity contribution is -0.128. The van der Waals surface area contributed by atoms with Gasteiger partial charge in [0, 0.05) is 43.3 Å². The molecular formula is C21H21ClN4O2. The third-order valence-electron chi connectivity index (χ3n) is 4.97. The highest BCUT2D eigenvalue weighted by Gasteiger charge is 2.29. The monoisotopic (exact) mass is 396 g/mol. The number of rotatable bonds is 3. The van der Waals surface area contributed by atoms with E-state index in [2.05, 4.69) is 22.5 Å². The number of carbonyl (C=O) groups is 2. The van der Waals surface area contributed by atoms with Gasteiger partial charge in [0.05, 0.1) is 5.69 Å². The third kappa shape index (κ3) is 3.82. The lowest BCUT2D eigenvalue weighted by Gasteiger charge is -2.37. The molecule has 6 nitrogen and oxygen atoms in total. The molecule has 0 unspecified atom stereocenters. The minimum Gasteiger partial charge on any atom is -0.368 e. The molecule has 0 aliphatic carbocycles. The fourth-order valence-electron chi connectivity index (χ4n) is 3.42. The van der Waals surface area contributed by atoms with Crippen LogP contribution in [0.15, 0.2) is 66.4 Å². The third-order valence-corrected chi connectivity index (χ3v) is 5.22. The number of para-hydroxylation sites is 1. The number of piperazine rings is 1. The topological polar surface area (TPSA) is 55.9 Å². The van der Waals surface area contributed by atoms with Gasteiger partial charge in [-0.2, -0.15) is 0 Å². The maximum Gasteiger partial charge on any atom is 0.271 e. The molecule has 2 amide bonds. The number of halogens is 1. The molecule has 0 aromatic heterocycles. The van der Waals surface area contributed by atoms with Crippen molar-refractivity contribution in [3.05, 3.63) is 71.4 Å². The molecule has 2 aliphatic heterocycles. The van der Waals surface area contributed by atoms with Crippen molar-refractivity contribution in [3.8, 4) is 0 Å². The molecule has 2 heterocycles. The summed E-state index contributed by atoms with van der Waals surface area (Å²) in [4.78, 5) is 29.3. The van der Waals surface area contributed by atoms with Crippen LogP contribution < -0.4 is 15.3 Å². The van der Waals surface area contributed by atoms with Crippen molar-refractivity contribution in [2.45, 2.75) is 6.42 Å². The van der Waals surface area contributed by atoms with Gasteiger partial charge in [-0.3, -0.25) is 15.0 Å². The van der Waals surface area contributed by atoms with Crippen LogP contribution in [0, 0.1) is 0 Å². The van der Waals surface area contributed by atoms with Gasteiger partial charge in [-0.15, -0.1) is 0 Å². The van der Waals surface area contributed by atoms with Crippen LogP contribution in [0.25, 0.3) is 0 Å². The normalized spacial score (nSPS) is 17.2. The van der Waals surface area contributed by atoms with Gasteiger partial charge in [-0.1, -0.05) is 29.8 Å². The van der Waals surface area contributed by atoms with E-state index in [-0.39, 0.29) is 18.2 Å². The van der Waals surface area contributed by atoms with Gasteiger partial charge in [0.2, 0.25) is 5.91 Å². The highest BCUT2D eigenvalue weighted by atomic mass is 35.5. The average molecular weight is 397 g/mol. The zero-order valence-corrected chi connectivity index (χ0v) is 16.1. The number of nitrogens with one attached hydrogen (secondary N) is 1. The Morgan fingerprint density at radius 3 is 2.25 bits per heavy atom. The molecule has 0 radical (unpaired) electrons. The van der Waals surface area contributed by atoms with E-state index in [0.29, 0.717) is 29.5 Å². The Morgan fingerprint density at radius 1 is 0.893 bits per heavy atom. The Labute approximate surface area is 168 Å². The Bertz CT molecular complexity index is 890. The molecule has 144 valence electrons. The Hall–Kier alpha value is -2.99. The fourth-order valence-corrected chi connectivity index (χ4v) is 3.55. The first kappa shape index (κ1) is 18.4. The van der Waals surface area contributed by atoms with E-state index in [1.807, 2.05) is 23.1 Å². The molecule has 1 fully saturated rings. The van der Waals surface area contributed by atoms with Gasteiger partial charge in [0.25, 0.3) is 5.91 Å². The zero-order chi connectivity index (χ0) is 19.5. The van der Waals surface area contributed by atoms with Crippen molar-refractivity contribution in [2.75, 3.05) is 36.1 Å². The van der Waals surface area contributed by atoms with Crippen molar-refractivity contribution in [1.82, 2.24) is 10.3 Å². The number of amides is 2. The fraction of sp³-hybridized carbons (Fsp3) is 0.238. The second-order valence-electron chi connectivity index (χ2n) is 6.75. The summed E-state index contributed by atoms with van der Waals surface area (Å²) in [5.41, 5.74) is 5.23. The highest BCUT2D eigenvalue weighted by Crippen LogP contribution is 2.22. The largest absolute Gasteiger partial charge is 0.368 e. The molecule has 1 saturated heterocycles. The number of hydrazine groups is 1. The second kappa shape index (κ2) is 7.94. The predicted octanol–water partition coefficient (Wildman–Crippen LogP) is 2.81. The summed E-state index contributed by atoms with van der Waals surface area (Å²) in [5.74, 6) is -0.202. The van der Waals surface area contributed by atoms with Crippen LogP contribution in [-0.2, 0) is 9.59 Å². The van der Waals surface area contributed by atoms with Gasteiger partial charge >= 0.3 is 0 Å². The van der Waals surface area contributed by atoms with Crippen molar-refractivity contribution in [2.24, 2.45) is 0 Å². The number of hydrogen-bond donors (Lipinski definition) is 1. The van der Waals surface area contributed by atoms with Crippen molar-refractivity contribution < 1.29 is 9.59 Å². The van der Waals surface area contributed by atoms with Crippen LogP contribution in [0.5, 0.6) is 0 Å². The molecule has 7 heteroatoms. The predicted molar refractivity (Wildman–Crippen MR) is 110 cm³/mol. The molecule has 0 bridgehead atoms. The maximum atomic E-state index is 13.0. The van der Waals surface area contributed by atoms with E-state index in [0.717, 1.165) is 13.1 Å². The molecule has 0 spiro atoms. The highest BCUT2D eigenvalue weighted by molar-refractivity contribution is 6.30. The number of benzene rings is 2. The molecule has 4 rings (SSSR count). The van der Waals surface area contributed by atoms with E-state index < -0.39 is 0 Å². The standard InChI is InChI=1S/C21H21ClN4O2/c22-16-6-8-18(9-7-16)26-20(27)11-10-19(23-26)21(28)25-14-12-24(13-15-25)17-4-2-1-3-5-17/h1-10,23H,11-15H2. The van der Waals surface area contributed by atoms with E-state index in [1.54, 1.807) is 30.3 Å². The summed E-state index contributed by atoms with van der Waals surface area (Å²) < 4.78 is 0. The lowest BCUT2D eigenvalue weighted by atomic mass is 10.2. The summed E-state index contributed by atoms with van der Waals surface area (Å²) >= 11 is 5.92. The average Bonchev–Trinajstić information content (AvgIpc) is 2.75. The number of nitrogens with zero attached hydrogens (tertiary/aromatic N) is 3. The van der Waals surface area contributed by atoms with Crippen LogP contribution in [0.1, 0.15) is 6.42 Å². The summed E-state index contributed by atoms with van der Waals surface area (Å²) in [6.07, 6.45) is 1.85. The van der Waals surface area contributed by atoms with Gasteiger partial charge in [0.15, 0.2) is 0 Å². The van der Waals surface area contributed by atoms with Crippen LogP contribution in [-0.4, -0.2) is 42.9 Å². The maximum absolute atomic E-state index is 13.0. The van der Waals surface area contributed by atoms with Crippen LogP contribution in [0.4, 0.5) is 11.4 Å². The van der Waals surface area contributed by atoms with Gasteiger partial charge in [-0.05, 0) is 42.5 Å². The summed E-state index contributed by atoms with van der Waals surface area (Å²) in [7, 11) is 0. The van der Waals surface area contributed by atoms with Crippen molar-refractivity contribution in [3.63, 3.8) is 0 Å². The second-order valence-corrected chi connectivity index (χ2v) is 7.19. The summed E-state index contributed by atoms with van der Waals surface area (Å²) in [6.45, 7) is 2.84. The van der Waals surface area contributed by atoms with Crippen molar-refractivity contribution >= 4 is 34.8 Å². The molecule has 2 aliphatic rings. The van der Waals surface area contributed by atoms with Crippen LogP contribution >= 0.6 is 11.6 Å². The molecule has 1 N–H and O–H groups in total. The first-order valence-corrected chi connectivity index (χ1v) is 9.64. The Kier molecular flexibility index (Phi) is 5.21.